The number of nitrogens with zero attached hydrogens (tertiary/aromatic N) is 1. The van der Waals surface area contributed by atoms with E-state index in [2.05, 4.69) is 0 Å². The van der Waals surface area contributed by atoms with E-state index in [-0.39, 0.29) is 11.3 Å². The zero-order valence-corrected chi connectivity index (χ0v) is 8.68. The first-order valence-electron chi connectivity index (χ1n) is 4.21. The molecule has 12 heavy (non-hydrogen) atoms. The third-order valence-corrected chi connectivity index (χ3v) is 1.60. The third kappa shape index (κ3) is 3.22. The number of carbonyl (C=O) groups excluding carboxylic acids is 1. The summed E-state index contributed by atoms with van der Waals surface area (Å²) in [5.41, 5.74) is -0.311. The van der Waals surface area contributed by atoms with Crippen LogP contribution in [0, 0.1) is 5.41 Å². The van der Waals surface area contributed by atoms with Crippen molar-refractivity contribution in [3.8, 4) is 0 Å². The molecular weight excluding hydrogens is 154 g/mol. The molecule has 0 aliphatic heterocycles. The Labute approximate surface area is 74.7 Å². The Bertz CT molecular complexity index is 149. The Balaban J connectivity index is 4.22. The van der Waals surface area contributed by atoms with Crippen molar-refractivity contribution in [1.29, 1.82) is 0 Å². The monoisotopic (exact) mass is 173 g/mol. The van der Waals surface area contributed by atoms with Crippen LogP contribution in [0.3, 0.4) is 0 Å². The van der Waals surface area contributed by atoms with E-state index in [0.717, 1.165) is 0 Å². The molecule has 0 saturated heterocycles. The van der Waals surface area contributed by atoms with Gasteiger partial charge in [0, 0.05) is 19.1 Å². The van der Waals surface area contributed by atoms with E-state index in [1.165, 1.54) is 0 Å². The van der Waals surface area contributed by atoms with Crippen molar-refractivity contribution in [2.45, 2.75) is 27.7 Å². The zero-order valence-electron chi connectivity index (χ0n) is 8.68. The van der Waals surface area contributed by atoms with Gasteiger partial charge in [-0.2, -0.15) is 0 Å². The lowest BCUT2D eigenvalue weighted by molar-refractivity contribution is -0.143. The maximum absolute atomic E-state index is 11.6. The van der Waals surface area contributed by atoms with E-state index < -0.39 is 0 Å². The number of hydrogen-bond acceptors (Lipinski definition) is 2. The molecule has 0 aromatic carbocycles. The predicted molar refractivity (Wildman–Crippen MR) is 48.7 cm³/mol. The molecule has 3 heteroatoms. The van der Waals surface area contributed by atoms with Crippen LogP contribution in [-0.4, -0.2) is 31.2 Å². The summed E-state index contributed by atoms with van der Waals surface area (Å²) in [7, 11) is 1.60. The SMILES string of the molecule is CCN(COC)C(=O)C(C)(C)C. The fourth-order valence-corrected chi connectivity index (χ4v) is 0.924. The van der Waals surface area contributed by atoms with E-state index in [1.54, 1.807) is 12.0 Å². The Morgan fingerprint density at radius 1 is 1.42 bits per heavy atom. The molecule has 0 heterocycles. The fourth-order valence-electron chi connectivity index (χ4n) is 0.924. The normalized spacial score (nSPS) is 11.4. The van der Waals surface area contributed by atoms with Crippen molar-refractivity contribution in [3.05, 3.63) is 0 Å². The van der Waals surface area contributed by atoms with Crippen LogP contribution in [0.25, 0.3) is 0 Å². The molecule has 72 valence electrons. The summed E-state index contributed by atoms with van der Waals surface area (Å²) in [6.45, 7) is 8.76. The summed E-state index contributed by atoms with van der Waals surface area (Å²) in [5.74, 6) is 0.131. The van der Waals surface area contributed by atoms with Gasteiger partial charge in [-0.25, -0.2) is 0 Å². The van der Waals surface area contributed by atoms with E-state index in [1.807, 2.05) is 27.7 Å². The minimum atomic E-state index is -0.311. The molecule has 3 nitrogen and oxygen atoms in total. The number of carbonyl (C=O) groups is 1. The molecule has 0 aromatic rings. The van der Waals surface area contributed by atoms with Crippen LogP contribution in [0.5, 0.6) is 0 Å². The highest BCUT2D eigenvalue weighted by Crippen LogP contribution is 2.16. The second-order valence-corrected chi connectivity index (χ2v) is 3.83. The number of amides is 1. The molecular formula is C9H19NO2. The van der Waals surface area contributed by atoms with Crippen molar-refractivity contribution in [3.63, 3.8) is 0 Å². The van der Waals surface area contributed by atoms with Crippen LogP contribution < -0.4 is 0 Å². The Kier molecular flexibility index (Phi) is 4.24. The van der Waals surface area contributed by atoms with Crippen LogP contribution in [0.2, 0.25) is 0 Å². The molecule has 0 radical (unpaired) electrons. The summed E-state index contributed by atoms with van der Waals surface area (Å²) >= 11 is 0. The number of ether oxygens (including phenoxy) is 1. The average molecular weight is 173 g/mol. The standard InChI is InChI=1S/C9H19NO2/c1-6-10(7-12-5)8(11)9(2,3)4/h6-7H2,1-5H3. The van der Waals surface area contributed by atoms with E-state index in [0.29, 0.717) is 13.3 Å². The predicted octanol–water partition coefficient (Wildman–Crippen LogP) is 1.48. The van der Waals surface area contributed by atoms with Gasteiger partial charge in [-0.05, 0) is 6.92 Å². The van der Waals surface area contributed by atoms with Crippen LogP contribution in [0.15, 0.2) is 0 Å². The second kappa shape index (κ2) is 4.45. The van der Waals surface area contributed by atoms with Gasteiger partial charge in [0.15, 0.2) is 0 Å². The van der Waals surface area contributed by atoms with Crippen LogP contribution in [-0.2, 0) is 9.53 Å². The number of rotatable bonds is 3. The van der Waals surface area contributed by atoms with Gasteiger partial charge in [-0.1, -0.05) is 20.8 Å². The van der Waals surface area contributed by atoms with Gasteiger partial charge in [0.25, 0.3) is 0 Å². The third-order valence-electron chi connectivity index (χ3n) is 1.60. The van der Waals surface area contributed by atoms with Crippen molar-refractivity contribution in [1.82, 2.24) is 4.90 Å². The smallest absolute Gasteiger partial charge is 0.229 e. The lowest BCUT2D eigenvalue weighted by atomic mass is 9.95. The van der Waals surface area contributed by atoms with Crippen LogP contribution in [0.1, 0.15) is 27.7 Å². The first-order chi connectivity index (χ1) is 5.43. The maximum Gasteiger partial charge on any atom is 0.229 e. The molecule has 0 aliphatic rings. The maximum atomic E-state index is 11.6. The summed E-state index contributed by atoms with van der Waals surface area (Å²) in [4.78, 5) is 13.3. The summed E-state index contributed by atoms with van der Waals surface area (Å²) < 4.78 is 4.92. The topological polar surface area (TPSA) is 29.5 Å². The average Bonchev–Trinajstić information content (AvgIpc) is 1.97. The molecule has 0 fully saturated rings. The van der Waals surface area contributed by atoms with Gasteiger partial charge < -0.3 is 9.64 Å². The highest BCUT2D eigenvalue weighted by atomic mass is 16.5. The van der Waals surface area contributed by atoms with Crippen LogP contribution >= 0.6 is 0 Å². The molecule has 0 aromatic heterocycles. The minimum absolute atomic E-state index is 0.131. The molecule has 1 amide bonds. The Morgan fingerprint density at radius 2 is 1.92 bits per heavy atom. The van der Waals surface area contributed by atoms with Crippen molar-refractivity contribution < 1.29 is 9.53 Å². The molecule has 0 spiro atoms. The molecule has 0 aliphatic carbocycles. The molecule has 0 unspecified atom stereocenters. The van der Waals surface area contributed by atoms with E-state index in [4.69, 9.17) is 4.74 Å². The van der Waals surface area contributed by atoms with Gasteiger partial charge in [-0.15, -0.1) is 0 Å². The van der Waals surface area contributed by atoms with Crippen molar-refractivity contribution in [2.24, 2.45) is 5.41 Å². The summed E-state index contributed by atoms with van der Waals surface area (Å²) in [5, 5.41) is 0. The van der Waals surface area contributed by atoms with Gasteiger partial charge in [-0.3, -0.25) is 4.79 Å². The van der Waals surface area contributed by atoms with Gasteiger partial charge in [0.1, 0.15) is 6.73 Å². The summed E-state index contributed by atoms with van der Waals surface area (Å²) in [6.07, 6.45) is 0. The number of methoxy groups -OCH3 is 1. The Morgan fingerprint density at radius 3 is 2.17 bits per heavy atom. The first kappa shape index (κ1) is 11.4. The largest absolute Gasteiger partial charge is 0.364 e. The molecule has 0 N–H and O–H groups in total. The van der Waals surface area contributed by atoms with Gasteiger partial charge in [0.2, 0.25) is 5.91 Å². The fraction of sp³-hybridized carbons (Fsp3) is 0.889. The highest BCUT2D eigenvalue weighted by molar-refractivity contribution is 5.81. The van der Waals surface area contributed by atoms with Crippen molar-refractivity contribution in [2.75, 3.05) is 20.4 Å². The zero-order chi connectivity index (χ0) is 9.78. The highest BCUT2D eigenvalue weighted by Gasteiger charge is 2.25. The summed E-state index contributed by atoms with van der Waals surface area (Å²) in [6, 6.07) is 0. The van der Waals surface area contributed by atoms with E-state index >= 15 is 0 Å². The molecule has 0 bridgehead atoms. The Hall–Kier alpha value is -0.570. The quantitative estimate of drug-likeness (QED) is 0.605. The lowest BCUT2D eigenvalue weighted by Crippen LogP contribution is -2.40. The molecule has 0 saturated carbocycles. The van der Waals surface area contributed by atoms with Gasteiger partial charge >= 0.3 is 0 Å². The second-order valence-electron chi connectivity index (χ2n) is 3.83. The molecule has 0 rings (SSSR count). The van der Waals surface area contributed by atoms with Gasteiger partial charge in [0.05, 0.1) is 0 Å². The minimum Gasteiger partial charge on any atom is -0.364 e. The first-order valence-corrected chi connectivity index (χ1v) is 4.21. The van der Waals surface area contributed by atoms with E-state index in [9.17, 15) is 4.79 Å². The van der Waals surface area contributed by atoms with Crippen molar-refractivity contribution >= 4 is 5.91 Å². The molecule has 0 atom stereocenters. The lowest BCUT2D eigenvalue weighted by Gasteiger charge is -2.27. The number of hydrogen-bond donors (Lipinski definition) is 0. The van der Waals surface area contributed by atoms with Crippen LogP contribution in [0.4, 0.5) is 0 Å².